The lowest BCUT2D eigenvalue weighted by atomic mass is 10.00. The molecule has 0 aromatic carbocycles. The molecule has 0 bridgehead atoms. The van der Waals surface area contributed by atoms with Crippen molar-refractivity contribution in [1.29, 1.82) is 0 Å². The first-order chi connectivity index (χ1) is 9.24. The van der Waals surface area contributed by atoms with Gasteiger partial charge in [0.2, 0.25) is 0 Å². The van der Waals surface area contributed by atoms with E-state index in [1.54, 1.807) is 0 Å². The molecule has 2 atom stereocenters. The molecule has 0 aliphatic carbocycles. The van der Waals surface area contributed by atoms with Crippen molar-refractivity contribution in [3.8, 4) is 0 Å². The van der Waals surface area contributed by atoms with Gasteiger partial charge in [0, 0.05) is 19.1 Å². The average molecular weight is 268 g/mol. The van der Waals surface area contributed by atoms with Gasteiger partial charge in [-0.3, -0.25) is 0 Å². The molecule has 104 valence electrons. The first-order valence-electron chi connectivity index (χ1n) is 6.53. The van der Waals surface area contributed by atoms with Gasteiger partial charge in [-0.15, -0.1) is 0 Å². The van der Waals surface area contributed by atoms with Crippen LogP contribution in [0.2, 0.25) is 0 Å². The third-order valence-electron chi connectivity index (χ3n) is 3.61. The van der Waals surface area contributed by atoms with Crippen LogP contribution in [0, 0.1) is 0 Å². The first-order valence-corrected chi connectivity index (χ1v) is 6.53. The maximum Gasteiger partial charge on any atom is 0.332 e. The summed E-state index contributed by atoms with van der Waals surface area (Å²) in [6, 6.07) is 0. The molecule has 0 saturated carbocycles. The van der Waals surface area contributed by atoms with Gasteiger partial charge in [-0.05, 0) is 25.7 Å². The molecular weight excluding hydrogens is 252 g/mol. The Kier molecular flexibility index (Phi) is 3.48. The minimum absolute atomic E-state index is 0.267. The van der Waals surface area contributed by atoms with Crippen molar-refractivity contribution in [1.82, 2.24) is 10.1 Å². The highest BCUT2D eigenvalue weighted by atomic mass is 16.6. The predicted octanol–water partition coefficient (Wildman–Crippen LogP) is 1.27. The van der Waals surface area contributed by atoms with Crippen molar-refractivity contribution in [2.45, 2.75) is 43.8 Å². The van der Waals surface area contributed by atoms with Crippen LogP contribution in [-0.2, 0) is 14.3 Å². The lowest BCUT2D eigenvalue weighted by Crippen LogP contribution is -2.18. The van der Waals surface area contributed by atoms with Crippen molar-refractivity contribution in [3.63, 3.8) is 0 Å². The van der Waals surface area contributed by atoms with E-state index < -0.39 is 12.1 Å². The Labute approximate surface area is 109 Å². The summed E-state index contributed by atoms with van der Waals surface area (Å²) in [4.78, 5) is 15.2. The molecular formula is C12H16N2O5. The van der Waals surface area contributed by atoms with E-state index in [9.17, 15) is 4.79 Å². The summed E-state index contributed by atoms with van der Waals surface area (Å²) in [5.41, 5.74) is 0. The number of aliphatic carboxylic acids is 1. The molecule has 19 heavy (non-hydrogen) atoms. The molecule has 3 rings (SSSR count). The molecule has 0 radical (unpaired) electrons. The van der Waals surface area contributed by atoms with Gasteiger partial charge in [0.25, 0.3) is 5.89 Å². The van der Waals surface area contributed by atoms with E-state index in [0.717, 1.165) is 26.1 Å². The second-order valence-electron chi connectivity index (χ2n) is 4.91. The highest BCUT2D eigenvalue weighted by molar-refractivity contribution is 5.72. The zero-order valence-electron chi connectivity index (χ0n) is 10.4. The maximum absolute atomic E-state index is 10.8. The summed E-state index contributed by atoms with van der Waals surface area (Å²) in [5, 5.41) is 12.9. The van der Waals surface area contributed by atoms with E-state index in [4.69, 9.17) is 19.1 Å². The monoisotopic (exact) mass is 268 g/mol. The number of rotatable bonds is 3. The van der Waals surface area contributed by atoms with Crippen molar-refractivity contribution in [2.75, 3.05) is 13.2 Å². The van der Waals surface area contributed by atoms with E-state index in [1.807, 2.05) is 0 Å². The van der Waals surface area contributed by atoms with E-state index in [2.05, 4.69) is 10.1 Å². The van der Waals surface area contributed by atoms with Crippen LogP contribution >= 0.6 is 0 Å². The van der Waals surface area contributed by atoms with Crippen molar-refractivity contribution < 1.29 is 23.9 Å². The zero-order valence-corrected chi connectivity index (χ0v) is 10.4. The first kappa shape index (κ1) is 12.6. The van der Waals surface area contributed by atoms with E-state index in [1.165, 1.54) is 0 Å². The van der Waals surface area contributed by atoms with Gasteiger partial charge in [-0.2, -0.15) is 4.98 Å². The molecule has 2 unspecified atom stereocenters. The zero-order chi connectivity index (χ0) is 13.2. The van der Waals surface area contributed by atoms with Crippen LogP contribution in [0.3, 0.4) is 0 Å². The fourth-order valence-corrected chi connectivity index (χ4v) is 2.50. The molecule has 2 saturated heterocycles. The highest BCUT2D eigenvalue weighted by Gasteiger charge is 2.35. The summed E-state index contributed by atoms with van der Waals surface area (Å²) >= 11 is 0. The Morgan fingerprint density at radius 3 is 2.68 bits per heavy atom. The Balaban J connectivity index is 1.66. The molecule has 2 aliphatic rings. The molecule has 1 N–H and O–H groups in total. The lowest BCUT2D eigenvalue weighted by molar-refractivity contribution is -0.150. The van der Waals surface area contributed by atoms with Gasteiger partial charge in [-0.1, -0.05) is 5.16 Å². The van der Waals surface area contributed by atoms with Crippen LogP contribution in [0.1, 0.15) is 49.4 Å². The Morgan fingerprint density at radius 1 is 1.21 bits per heavy atom. The number of hydrogen-bond acceptors (Lipinski definition) is 6. The molecule has 0 amide bonds. The smallest absolute Gasteiger partial charge is 0.332 e. The highest BCUT2D eigenvalue weighted by Crippen LogP contribution is 2.33. The van der Waals surface area contributed by atoms with Crippen LogP contribution < -0.4 is 0 Å². The summed E-state index contributed by atoms with van der Waals surface area (Å²) in [5.74, 6) is 0.403. The van der Waals surface area contributed by atoms with Crippen LogP contribution in [0.15, 0.2) is 4.52 Å². The van der Waals surface area contributed by atoms with Crippen LogP contribution in [0.5, 0.6) is 0 Å². The molecule has 2 fully saturated rings. The van der Waals surface area contributed by atoms with Crippen molar-refractivity contribution in [2.24, 2.45) is 0 Å². The quantitative estimate of drug-likeness (QED) is 0.881. The maximum atomic E-state index is 10.8. The topological polar surface area (TPSA) is 94.7 Å². The van der Waals surface area contributed by atoms with Crippen LogP contribution in [-0.4, -0.2) is 40.5 Å². The molecule has 7 nitrogen and oxygen atoms in total. The normalized spacial score (nSPS) is 28.6. The van der Waals surface area contributed by atoms with E-state index >= 15 is 0 Å². The number of aromatic nitrogens is 2. The Bertz CT molecular complexity index is 455. The van der Waals surface area contributed by atoms with Crippen LogP contribution in [0.25, 0.3) is 0 Å². The average Bonchev–Trinajstić information content (AvgIpc) is 3.09. The molecule has 1 aromatic heterocycles. The Morgan fingerprint density at radius 2 is 2.00 bits per heavy atom. The minimum atomic E-state index is -0.938. The lowest BCUT2D eigenvalue weighted by Gasteiger charge is -2.18. The molecule has 1 aromatic rings. The number of ether oxygens (including phenoxy) is 2. The van der Waals surface area contributed by atoms with E-state index in [-0.39, 0.29) is 12.0 Å². The summed E-state index contributed by atoms with van der Waals surface area (Å²) in [6.07, 6.45) is 1.72. The van der Waals surface area contributed by atoms with E-state index in [0.29, 0.717) is 24.6 Å². The molecule has 0 spiro atoms. The van der Waals surface area contributed by atoms with Gasteiger partial charge in [0.15, 0.2) is 11.9 Å². The van der Waals surface area contributed by atoms with Gasteiger partial charge >= 0.3 is 5.97 Å². The SMILES string of the molecule is O=C(O)C1CCC(c2nc(C3CCOCC3)no2)O1. The van der Waals surface area contributed by atoms with Gasteiger partial charge in [0.05, 0.1) is 0 Å². The standard InChI is InChI=1S/C12H16N2O5/c15-12(16)9-2-1-8(18-9)11-13-10(14-19-11)7-3-5-17-6-4-7/h7-9H,1-6H2,(H,15,16). The third kappa shape index (κ3) is 2.62. The number of carboxylic acids is 1. The van der Waals surface area contributed by atoms with Gasteiger partial charge in [0.1, 0.15) is 6.10 Å². The fourth-order valence-electron chi connectivity index (χ4n) is 2.50. The number of carbonyl (C=O) groups is 1. The van der Waals surface area contributed by atoms with Crippen LogP contribution in [0.4, 0.5) is 0 Å². The molecule has 7 heteroatoms. The summed E-state index contributed by atoms with van der Waals surface area (Å²) in [7, 11) is 0. The van der Waals surface area contributed by atoms with Gasteiger partial charge in [-0.25, -0.2) is 4.79 Å². The molecule has 3 heterocycles. The number of nitrogens with zero attached hydrogens (tertiary/aromatic N) is 2. The van der Waals surface area contributed by atoms with Gasteiger partial charge < -0.3 is 19.1 Å². The second kappa shape index (κ2) is 5.26. The molecule has 2 aliphatic heterocycles. The fraction of sp³-hybridized carbons (Fsp3) is 0.750. The Hall–Kier alpha value is -1.47. The second-order valence-corrected chi connectivity index (χ2v) is 4.91. The third-order valence-corrected chi connectivity index (χ3v) is 3.61. The number of hydrogen-bond donors (Lipinski definition) is 1. The predicted molar refractivity (Wildman–Crippen MR) is 61.6 cm³/mol. The van der Waals surface area contributed by atoms with Crippen molar-refractivity contribution >= 4 is 5.97 Å². The summed E-state index contributed by atoms with van der Waals surface area (Å²) in [6.45, 7) is 1.44. The minimum Gasteiger partial charge on any atom is -0.479 e. The largest absolute Gasteiger partial charge is 0.479 e. The van der Waals surface area contributed by atoms with Crippen molar-refractivity contribution in [3.05, 3.63) is 11.7 Å². The summed E-state index contributed by atoms with van der Waals surface area (Å²) < 4.78 is 15.9. The number of carboxylic acid groups (broad SMARTS) is 1.